The highest BCUT2D eigenvalue weighted by Crippen LogP contribution is 2.26. The van der Waals surface area contributed by atoms with Gasteiger partial charge in [0.25, 0.3) is 0 Å². The van der Waals surface area contributed by atoms with E-state index in [0.717, 1.165) is 5.69 Å². The van der Waals surface area contributed by atoms with Gasteiger partial charge in [0.2, 0.25) is 5.91 Å². The van der Waals surface area contributed by atoms with Crippen LogP contribution in [0.2, 0.25) is 0 Å². The average Bonchev–Trinajstić information content (AvgIpc) is 2.38. The topological polar surface area (TPSA) is 43.8 Å². The summed E-state index contributed by atoms with van der Waals surface area (Å²) in [5, 5.41) is 9.22. The minimum Gasteiger partial charge on any atom is -0.396 e. The van der Waals surface area contributed by atoms with Gasteiger partial charge in [0.15, 0.2) is 0 Å². The highest BCUT2D eigenvalue weighted by Gasteiger charge is 2.36. The summed E-state index contributed by atoms with van der Waals surface area (Å²) in [5.74, 6) is 0.0905. The summed E-state index contributed by atoms with van der Waals surface area (Å²) in [4.78, 5) is 16.2. The number of benzene rings is 1. The molecule has 1 fully saturated rings. The van der Waals surface area contributed by atoms with E-state index in [0.29, 0.717) is 13.0 Å². The zero-order chi connectivity index (χ0) is 14.0. The zero-order valence-electron chi connectivity index (χ0n) is 11.8. The van der Waals surface area contributed by atoms with Crippen molar-refractivity contribution in [1.82, 2.24) is 4.90 Å². The molecule has 0 spiro atoms. The van der Waals surface area contributed by atoms with E-state index in [2.05, 4.69) is 36.1 Å². The van der Waals surface area contributed by atoms with E-state index in [-0.39, 0.29) is 24.6 Å². The predicted molar refractivity (Wildman–Crippen MR) is 76.2 cm³/mol. The Morgan fingerprint density at radius 3 is 2.53 bits per heavy atom. The molecule has 1 N–H and O–H groups in total. The smallest absolute Gasteiger partial charge is 0.245 e. The second-order valence-electron chi connectivity index (χ2n) is 5.34. The highest BCUT2D eigenvalue weighted by atomic mass is 16.3. The van der Waals surface area contributed by atoms with Crippen LogP contribution in [0.15, 0.2) is 24.3 Å². The molecule has 1 aromatic rings. The third kappa shape index (κ3) is 2.73. The molecular formula is C15H22N2O2. The SMILES string of the molecule is Cc1ccc(N2C(C)CN(C)C(=O)C2CCO)cc1. The minimum atomic E-state index is -0.263. The van der Waals surface area contributed by atoms with E-state index in [1.807, 2.05) is 14.0 Å². The number of hydrogen-bond acceptors (Lipinski definition) is 3. The molecular weight excluding hydrogens is 240 g/mol. The Kier molecular flexibility index (Phi) is 4.10. The van der Waals surface area contributed by atoms with Crippen molar-refractivity contribution in [2.45, 2.75) is 32.4 Å². The van der Waals surface area contributed by atoms with Crippen LogP contribution in [0.3, 0.4) is 0 Å². The van der Waals surface area contributed by atoms with Gasteiger partial charge in [-0.25, -0.2) is 0 Å². The number of carbonyl (C=O) groups excluding carboxylic acids is 1. The van der Waals surface area contributed by atoms with Crippen LogP contribution in [-0.4, -0.2) is 48.2 Å². The van der Waals surface area contributed by atoms with Gasteiger partial charge in [-0.2, -0.15) is 0 Å². The molecule has 0 radical (unpaired) electrons. The van der Waals surface area contributed by atoms with Crippen LogP contribution in [0.4, 0.5) is 5.69 Å². The van der Waals surface area contributed by atoms with Gasteiger partial charge in [-0.3, -0.25) is 4.79 Å². The first-order valence-electron chi connectivity index (χ1n) is 6.75. The molecule has 1 aliphatic heterocycles. The van der Waals surface area contributed by atoms with Gasteiger partial charge in [0, 0.05) is 31.9 Å². The second-order valence-corrected chi connectivity index (χ2v) is 5.34. The van der Waals surface area contributed by atoms with E-state index < -0.39 is 0 Å². The van der Waals surface area contributed by atoms with Crippen molar-refractivity contribution < 1.29 is 9.90 Å². The van der Waals surface area contributed by atoms with E-state index in [1.165, 1.54) is 5.56 Å². The monoisotopic (exact) mass is 262 g/mol. The number of anilines is 1. The largest absolute Gasteiger partial charge is 0.396 e. The first-order valence-corrected chi connectivity index (χ1v) is 6.75. The van der Waals surface area contributed by atoms with E-state index in [1.54, 1.807) is 4.90 Å². The Balaban J connectivity index is 2.33. The van der Waals surface area contributed by atoms with Crippen LogP contribution in [-0.2, 0) is 4.79 Å². The molecule has 2 unspecified atom stereocenters. The van der Waals surface area contributed by atoms with Crippen molar-refractivity contribution in [2.75, 3.05) is 25.1 Å². The number of amides is 1. The molecule has 1 amide bonds. The zero-order valence-corrected chi connectivity index (χ0v) is 11.8. The summed E-state index contributed by atoms with van der Waals surface area (Å²) >= 11 is 0. The van der Waals surface area contributed by atoms with Gasteiger partial charge >= 0.3 is 0 Å². The van der Waals surface area contributed by atoms with Gasteiger partial charge < -0.3 is 14.9 Å². The normalized spacial score (nSPS) is 23.9. The van der Waals surface area contributed by atoms with Crippen molar-refractivity contribution in [2.24, 2.45) is 0 Å². The van der Waals surface area contributed by atoms with Crippen LogP contribution in [0.5, 0.6) is 0 Å². The van der Waals surface area contributed by atoms with Crippen LogP contribution < -0.4 is 4.90 Å². The third-order valence-electron chi connectivity index (χ3n) is 3.74. The molecule has 0 aromatic heterocycles. The van der Waals surface area contributed by atoms with E-state index in [4.69, 9.17) is 0 Å². The number of aliphatic hydroxyl groups is 1. The van der Waals surface area contributed by atoms with Crippen LogP contribution in [0, 0.1) is 6.92 Å². The Morgan fingerprint density at radius 2 is 1.95 bits per heavy atom. The third-order valence-corrected chi connectivity index (χ3v) is 3.74. The lowest BCUT2D eigenvalue weighted by atomic mass is 10.0. The summed E-state index contributed by atoms with van der Waals surface area (Å²) < 4.78 is 0. The number of nitrogens with zero attached hydrogens (tertiary/aromatic N) is 2. The number of carbonyl (C=O) groups is 1. The minimum absolute atomic E-state index is 0.0271. The standard InChI is InChI=1S/C15H22N2O2/c1-11-4-6-13(7-5-11)17-12(2)10-16(3)15(19)14(17)8-9-18/h4-7,12,14,18H,8-10H2,1-3H3. The fourth-order valence-corrected chi connectivity index (χ4v) is 2.79. The Hall–Kier alpha value is -1.55. The van der Waals surface area contributed by atoms with Gasteiger partial charge in [-0.05, 0) is 32.4 Å². The number of piperazine rings is 1. The molecule has 0 saturated carbocycles. The lowest BCUT2D eigenvalue weighted by molar-refractivity contribution is -0.134. The Bertz CT molecular complexity index is 444. The molecule has 2 atom stereocenters. The molecule has 4 heteroatoms. The summed E-state index contributed by atoms with van der Waals surface area (Å²) in [5.41, 5.74) is 2.26. The first-order chi connectivity index (χ1) is 9.04. The molecule has 1 aromatic carbocycles. The van der Waals surface area contributed by atoms with Crippen LogP contribution >= 0.6 is 0 Å². The quantitative estimate of drug-likeness (QED) is 0.896. The molecule has 104 valence electrons. The Labute approximate surface area is 114 Å². The molecule has 1 saturated heterocycles. The summed E-state index contributed by atoms with van der Waals surface area (Å²) in [6, 6.07) is 8.20. The number of rotatable bonds is 3. The molecule has 1 heterocycles. The molecule has 0 bridgehead atoms. The fourth-order valence-electron chi connectivity index (χ4n) is 2.79. The number of aryl methyl sites for hydroxylation is 1. The maximum absolute atomic E-state index is 12.3. The number of hydrogen-bond donors (Lipinski definition) is 1. The van der Waals surface area contributed by atoms with E-state index >= 15 is 0 Å². The summed E-state index contributed by atoms with van der Waals surface area (Å²) in [7, 11) is 1.83. The van der Waals surface area contributed by atoms with E-state index in [9.17, 15) is 9.90 Å². The van der Waals surface area contributed by atoms with Crippen molar-refractivity contribution in [3.8, 4) is 0 Å². The fraction of sp³-hybridized carbons (Fsp3) is 0.533. The van der Waals surface area contributed by atoms with Gasteiger partial charge in [-0.15, -0.1) is 0 Å². The maximum Gasteiger partial charge on any atom is 0.245 e. The van der Waals surface area contributed by atoms with Crippen molar-refractivity contribution in [1.29, 1.82) is 0 Å². The molecule has 0 aliphatic carbocycles. The molecule has 19 heavy (non-hydrogen) atoms. The second kappa shape index (κ2) is 5.61. The van der Waals surface area contributed by atoms with Crippen molar-refractivity contribution in [3.05, 3.63) is 29.8 Å². The van der Waals surface area contributed by atoms with Gasteiger partial charge in [0.05, 0.1) is 0 Å². The first kappa shape index (κ1) is 13.9. The number of likely N-dealkylation sites (N-methyl/N-ethyl adjacent to an activating group) is 1. The average molecular weight is 262 g/mol. The summed E-state index contributed by atoms with van der Waals surface area (Å²) in [6.07, 6.45) is 0.474. The van der Waals surface area contributed by atoms with Crippen molar-refractivity contribution >= 4 is 11.6 Å². The van der Waals surface area contributed by atoms with Gasteiger partial charge in [-0.1, -0.05) is 17.7 Å². The molecule has 2 rings (SSSR count). The predicted octanol–water partition coefficient (Wildman–Crippen LogP) is 1.41. The molecule has 4 nitrogen and oxygen atoms in total. The summed E-state index contributed by atoms with van der Waals surface area (Å²) in [6.45, 7) is 4.91. The van der Waals surface area contributed by atoms with Crippen LogP contribution in [0.25, 0.3) is 0 Å². The lowest BCUT2D eigenvalue weighted by Crippen LogP contribution is -2.60. The Morgan fingerprint density at radius 1 is 1.32 bits per heavy atom. The van der Waals surface area contributed by atoms with Crippen molar-refractivity contribution in [3.63, 3.8) is 0 Å². The molecule has 1 aliphatic rings. The lowest BCUT2D eigenvalue weighted by Gasteiger charge is -2.45. The highest BCUT2D eigenvalue weighted by molar-refractivity contribution is 5.86. The van der Waals surface area contributed by atoms with Gasteiger partial charge in [0.1, 0.15) is 6.04 Å². The van der Waals surface area contributed by atoms with Crippen LogP contribution in [0.1, 0.15) is 18.9 Å². The maximum atomic E-state index is 12.3. The number of aliphatic hydroxyl groups excluding tert-OH is 1.